The van der Waals surface area contributed by atoms with Gasteiger partial charge in [0.1, 0.15) is 0 Å². The molecule has 1 saturated heterocycles. The number of sulfone groups is 1. The molecule has 9 heteroatoms. The predicted octanol–water partition coefficient (Wildman–Crippen LogP) is 0.884. The van der Waals surface area contributed by atoms with E-state index in [2.05, 4.69) is 10.3 Å². The van der Waals surface area contributed by atoms with Crippen LogP contribution in [0.4, 0.5) is 5.69 Å². The fraction of sp³-hybridized carbons (Fsp3) is 0.333. The van der Waals surface area contributed by atoms with Crippen LogP contribution >= 0.6 is 23.1 Å². The Morgan fingerprint density at radius 2 is 2.24 bits per heavy atom. The van der Waals surface area contributed by atoms with Gasteiger partial charge in [0.25, 0.3) is 0 Å². The highest BCUT2D eigenvalue weighted by Crippen LogP contribution is 2.30. The maximum atomic E-state index is 11.7. The van der Waals surface area contributed by atoms with E-state index in [1.165, 1.54) is 23.1 Å². The van der Waals surface area contributed by atoms with E-state index < -0.39 is 9.84 Å². The molecule has 3 N–H and O–H groups in total. The van der Waals surface area contributed by atoms with Crippen LogP contribution in [0.15, 0.2) is 22.5 Å². The van der Waals surface area contributed by atoms with Gasteiger partial charge in [-0.1, -0.05) is 11.8 Å². The van der Waals surface area contributed by atoms with Crippen molar-refractivity contribution in [2.45, 2.75) is 10.4 Å². The third-order valence-electron chi connectivity index (χ3n) is 2.99. The summed E-state index contributed by atoms with van der Waals surface area (Å²) in [6, 6.07) is 5.26. The quantitative estimate of drug-likeness (QED) is 0.631. The van der Waals surface area contributed by atoms with Crippen molar-refractivity contribution in [1.82, 2.24) is 10.3 Å². The second-order valence-corrected chi connectivity index (χ2v) is 9.24. The molecule has 2 heterocycles. The molecule has 6 nitrogen and oxygen atoms in total. The Labute approximate surface area is 130 Å². The molecule has 1 aromatic carbocycles. The number of hydrogen-bond acceptors (Lipinski definition) is 7. The Kier molecular flexibility index (Phi) is 3.80. The van der Waals surface area contributed by atoms with E-state index in [0.29, 0.717) is 5.69 Å². The number of carbonyl (C=O) groups excluding carboxylic acids is 1. The summed E-state index contributed by atoms with van der Waals surface area (Å²) >= 11 is 2.83. The molecule has 1 aromatic heterocycles. The summed E-state index contributed by atoms with van der Waals surface area (Å²) in [5.74, 6) is 0.151. The highest BCUT2D eigenvalue weighted by atomic mass is 32.2. The summed E-state index contributed by atoms with van der Waals surface area (Å²) in [4.78, 5) is 16.1. The van der Waals surface area contributed by atoms with Crippen molar-refractivity contribution in [1.29, 1.82) is 0 Å². The number of amides is 1. The first kappa shape index (κ1) is 14.6. The van der Waals surface area contributed by atoms with E-state index in [4.69, 9.17) is 5.73 Å². The Hall–Kier alpha value is -1.32. The summed E-state index contributed by atoms with van der Waals surface area (Å²) in [7, 11) is -2.91. The molecule has 1 aliphatic heterocycles. The minimum atomic E-state index is -2.91. The molecule has 0 atom stereocenters. The lowest BCUT2D eigenvalue weighted by atomic mass is 10.3. The molecule has 3 rings (SSSR count). The van der Waals surface area contributed by atoms with Crippen molar-refractivity contribution in [3.05, 3.63) is 18.2 Å². The van der Waals surface area contributed by atoms with Crippen LogP contribution < -0.4 is 11.1 Å². The number of rotatable bonds is 4. The van der Waals surface area contributed by atoms with Gasteiger partial charge in [-0.15, -0.1) is 11.3 Å². The molecule has 0 bridgehead atoms. The maximum Gasteiger partial charge on any atom is 0.230 e. The second kappa shape index (κ2) is 5.47. The van der Waals surface area contributed by atoms with Crippen LogP contribution in [0.25, 0.3) is 10.2 Å². The number of carbonyl (C=O) groups is 1. The lowest BCUT2D eigenvalue weighted by molar-refractivity contribution is -0.119. The number of nitrogens with one attached hydrogen (secondary N) is 1. The average molecular weight is 343 g/mol. The lowest BCUT2D eigenvalue weighted by Crippen LogP contribution is -2.53. The number of nitrogens with two attached hydrogens (primary N) is 1. The topological polar surface area (TPSA) is 102 Å². The van der Waals surface area contributed by atoms with E-state index in [9.17, 15) is 13.2 Å². The number of anilines is 1. The molecule has 1 aliphatic rings. The summed E-state index contributed by atoms with van der Waals surface area (Å²) < 4.78 is 23.8. The van der Waals surface area contributed by atoms with E-state index in [1.807, 2.05) is 12.1 Å². The molecule has 112 valence electrons. The third-order valence-corrected chi connectivity index (χ3v) is 6.98. The largest absolute Gasteiger partial charge is 0.399 e. The lowest BCUT2D eigenvalue weighted by Gasteiger charge is -2.26. The zero-order valence-corrected chi connectivity index (χ0v) is 13.4. The van der Waals surface area contributed by atoms with Crippen LogP contribution in [0.3, 0.4) is 0 Å². The van der Waals surface area contributed by atoms with Crippen LogP contribution in [0.5, 0.6) is 0 Å². The van der Waals surface area contributed by atoms with Crippen LogP contribution in [-0.2, 0) is 14.6 Å². The Bertz CT molecular complexity index is 788. The Balaban J connectivity index is 1.55. The molecule has 0 aliphatic carbocycles. The molecular formula is C12H13N3O3S3. The zero-order chi connectivity index (χ0) is 15.0. The van der Waals surface area contributed by atoms with Crippen molar-refractivity contribution >= 4 is 54.7 Å². The van der Waals surface area contributed by atoms with Crippen molar-refractivity contribution < 1.29 is 13.2 Å². The zero-order valence-electron chi connectivity index (χ0n) is 10.9. The number of aromatic nitrogens is 1. The summed E-state index contributed by atoms with van der Waals surface area (Å²) in [5, 5.41) is 2.70. The number of nitrogens with zero attached hydrogens (tertiary/aromatic N) is 1. The van der Waals surface area contributed by atoms with E-state index >= 15 is 0 Å². The van der Waals surface area contributed by atoms with Crippen LogP contribution in [0.2, 0.25) is 0 Å². The molecule has 0 unspecified atom stereocenters. The van der Waals surface area contributed by atoms with Gasteiger partial charge in [0.2, 0.25) is 5.91 Å². The van der Waals surface area contributed by atoms with Crippen LogP contribution in [-0.4, -0.2) is 42.6 Å². The number of thiazole rings is 1. The van der Waals surface area contributed by atoms with Gasteiger partial charge in [-0.2, -0.15) is 0 Å². The van der Waals surface area contributed by atoms with Crippen molar-refractivity contribution in [3.63, 3.8) is 0 Å². The monoisotopic (exact) mass is 343 g/mol. The molecule has 2 aromatic rings. The van der Waals surface area contributed by atoms with Gasteiger partial charge < -0.3 is 11.1 Å². The van der Waals surface area contributed by atoms with Gasteiger partial charge in [-0.25, -0.2) is 13.4 Å². The first-order chi connectivity index (χ1) is 9.91. The number of fused-ring (bicyclic) bond motifs is 1. The van der Waals surface area contributed by atoms with Gasteiger partial charge in [-0.3, -0.25) is 4.79 Å². The molecular weight excluding hydrogens is 330 g/mol. The number of benzene rings is 1. The molecule has 0 spiro atoms. The fourth-order valence-corrected chi connectivity index (χ4v) is 5.25. The molecule has 0 radical (unpaired) electrons. The van der Waals surface area contributed by atoms with E-state index in [-0.39, 0.29) is 29.2 Å². The summed E-state index contributed by atoms with van der Waals surface area (Å²) in [5.41, 5.74) is 7.26. The first-order valence-corrected chi connectivity index (χ1v) is 9.82. The fourth-order valence-electron chi connectivity index (χ4n) is 2.03. The number of thioether (sulfide) groups is 1. The smallest absolute Gasteiger partial charge is 0.230 e. The van der Waals surface area contributed by atoms with Crippen molar-refractivity contribution in [2.75, 3.05) is 23.0 Å². The minimum Gasteiger partial charge on any atom is -0.399 e. The van der Waals surface area contributed by atoms with Gasteiger partial charge >= 0.3 is 0 Å². The van der Waals surface area contributed by atoms with Crippen LogP contribution in [0.1, 0.15) is 0 Å². The van der Waals surface area contributed by atoms with Gasteiger partial charge in [0.15, 0.2) is 14.2 Å². The van der Waals surface area contributed by atoms with Crippen LogP contribution in [0, 0.1) is 0 Å². The van der Waals surface area contributed by atoms with E-state index in [0.717, 1.165) is 14.6 Å². The van der Waals surface area contributed by atoms with E-state index in [1.54, 1.807) is 6.07 Å². The number of hydrogen-bond donors (Lipinski definition) is 2. The standard InChI is InChI=1S/C12H13N3O3S3/c13-7-1-2-9-10(3-7)20-12(15-9)19-4-11(16)14-8-5-21(17,18)6-8/h1-3,8H,4-6,13H2,(H,14,16). The molecule has 21 heavy (non-hydrogen) atoms. The average Bonchev–Trinajstić information content (AvgIpc) is 2.76. The molecule has 1 amide bonds. The SMILES string of the molecule is Nc1ccc2nc(SCC(=O)NC3CS(=O)(=O)C3)sc2c1. The third kappa shape index (κ3) is 3.47. The Morgan fingerprint density at radius 3 is 2.95 bits per heavy atom. The first-order valence-electron chi connectivity index (χ1n) is 6.20. The highest BCUT2D eigenvalue weighted by Gasteiger charge is 2.34. The summed E-state index contributed by atoms with van der Waals surface area (Å²) in [6.45, 7) is 0. The highest BCUT2D eigenvalue weighted by molar-refractivity contribution is 8.01. The van der Waals surface area contributed by atoms with Crippen molar-refractivity contribution in [3.8, 4) is 0 Å². The van der Waals surface area contributed by atoms with Gasteiger partial charge in [0, 0.05) is 5.69 Å². The number of nitrogen functional groups attached to an aromatic ring is 1. The minimum absolute atomic E-state index is 0.0455. The predicted molar refractivity (Wildman–Crippen MR) is 85.3 cm³/mol. The molecule has 1 fully saturated rings. The normalized spacial score (nSPS) is 17.5. The van der Waals surface area contributed by atoms with Gasteiger partial charge in [0.05, 0.1) is 33.5 Å². The maximum absolute atomic E-state index is 11.7. The van der Waals surface area contributed by atoms with Crippen molar-refractivity contribution in [2.24, 2.45) is 0 Å². The second-order valence-electron chi connectivity index (χ2n) is 4.84. The summed E-state index contributed by atoms with van der Waals surface area (Å²) in [6.07, 6.45) is 0. The molecule has 0 saturated carbocycles. The Morgan fingerprint density at radius 1 is 1.48 bits per heavy atom. The van der Waals surface area contributed by atoms with Gasteiger partial charge in [-0.05, 0) is 18.2 Å².